The minimum absolute atomic E-state index is 0.212. The second kappa shape index (κ2) is 10.9. The first-order valence-electron chi connectivity index (χ1n) is 11.1. The number of halogens is 1. The Morgan fingerprint density at radius 1 is 0.971 bits per heavy atom. The lowest BCUT2D eigenvalue weighted by molar-refractivity contribution is 0.210. The van der Waals surface area contributed by atoms with E-state index in [2.05, 4.69) is 32.8 Å². The van der Waals surface area contributed by atoms with E-state index < -0.39 is 0 Å². The number of terminal acetylenes is 1. The van der Waals surface area contributed by atoms with Gasteiger partial charge in [-0.15, -0.1) is 6.42 Å². The van der Waals surface area contributed by atoms with Crippen molar-refractivity contribution in [2.24, 2.45) is 0 Å². The van der Waals surface area contributed by atoms with Crippen molar-refractivity contribution < 1.29 is 18.9 Å². The van der Waals surface area contributed by atoms with Crippen LogP contribution in [0.5, 0.6) is 23.0 Å². The summed E-state index contributed by atoms with van der Waals surface area (Å²) in [5, 5.41) is 0. The summed E-state index contributed by atoms with van der Waals surface area (Å²) in [7, 11) is 4.96. The number of rotatable bonds is 8. The monoisotopic (exact) mass is 521 g/mol. The van der Waals surface area contributed by atoms with Gasteiger partial charge in [-0.25, -0.2) is 0 Å². The number of fused-ring (bicyclic) bond motifs is 1. The fourth-order valence-corrected chi connectivity index (χ4v) is 4.81. The fraction of sp³-hybridized carbons (Fsp3) is 0.286. The highest BCUT2D eigenvalue weighted by atomic mass is 79.9. The van der Waals surface area contributed by atoms with Gasteiger partial charge in [0.15, 0.2) is 23.0 Å². The van der Waals surface area contributed by atoms with Crippen LogP contribution >= 0.6 is 15.9 Å². The van der Waals surface area contributed by atoms with Crippen LogP contribution in [0.25, 0.3) is 0 Å². The predicted octanol–water partition coefficient (Wildman–Crippen LogP) is 5.79. The third-order valence-corrected chi connectivity index (χ3v) is 6.84. The molecule has 0 saturated carbocycles. The standard InChI is InChI=1S/C28H28BrNO4/c1-5-24-21-16-27(34-18-19-9-7-6-8-10-19)26(32-3)15-20(21)13-14-30(24)17-22-23(29)11-12-25(31-2)28(22)33-4/h1,6-12,15-16,24H,13-14,17-18H2,2-4H3/t24-/m1/s1. The topological polar surface area (TPSA) is 40.2 Å². The first-order valence-corrected chi connectivity index (χ1v) is 11.9. The molecule has 0 radical (unpaired) electrons. The highest BCUT2D eigenvalue weighted by molar-refractivity contribution is 9.10. The molecule has 1 atom stereocenters. The van der Waals surface area contributed by atoms with Gasteiger partial charge in [0.1, 0.15) is 6.61 Å². The summed E-state index contributed by atoms with van der Waals surface area (Å²) < 4.78 is 23.9. The fourth-order valence-electron chi connectivity index (χ4n) is 4.37. The molecule has 4 rings (SSSR count). The van der Waals surface area contributed by atoms with E-state index >= 15 is 0 Å². The molecule has 0 bridgehead atoms. The first kappa shape index (κ1) is 24.0. The average Bonchev–Trinajstić information content (AvgIpc) is 2.88. The van der Waals surface area contributed by atoms with Crippen molar-refractivity contribution in [2.45, 2.75) is 25.6 Å². The van der Waals surface area contributed by atoms with E-state index in [9.17, 15) is 0 Å². The van der Waals surface area contributed by atoms with Crippen LogP contribution in [-0.4, -0.2) is 32.8 Å². The summed E-state index contributed by atoms with van der Waals surface area (Å²) in [4.78, 5) is 2.28. The lowest BCUT2D eigenvalue weighted by atomic mass is 9.91. The molecular formula is C28H28BrNO4. The summed E-state index contributed by atoms with van der Waals surface area (Å²) in [6.07, 6.45) is 6.93. The highest BCUT2D eigenvalue weighted by Crippen LogP contribution is 2.42. The quantitative estimate of drug-likeness (QED) is 0.351. The van der Waals surface area contributed by atoms with E-state index in [1.54, 1.807) is 21.3 Å². The van der Waals surface area contributed by atoms with Crippen molar-refractivity contribution in [3.63, 3.8) is 0 Å². The van der Waals surface area contributed by atoms with Crippen molar-refractivity contribution in [1.82, 2.24) is 4.90 Å². The van der Waals surface area contributed by atoms with E-state index in [0.717, 1.165) is 39.9 Å². The summed E-state index contributed by atoms with van der Waals surface area (Å²) in [6, 6.07) is 17.8. The van der Waals surface area contributed by atoms with Crippen LogP contribution in [0.15, 0.2) is 59.1 Å². The molecule has 1 aliphatic rings. The molecule has 6 heteroatoms. The normalized spacial score (nSPS) is 15.2. The molecule has 0 fully saturated rings. The molecule has 3 aromatic rings. The molecule has 1 heterocycles. The van der Waals surface area contributed by atoms with E-state index in [4.69, 9.17) is 25.4 Å². The number of nitrogens with zero attached hydrogens (tertiary/aromatic N) is 1. The van der Waals surface area contributed by atoms with Crippen LogP contribution in [0.3, 0.4) is 0 Å². The van der Waals surface area contributed by atoms with Gasteiger partial charge in [0.25, 0.3) is 0 Å². The zero-order valence-electron chi connectivity index (χ0n) is 19.6. The van der Waals surface area contributed by atoms with Crippen LogP contribution < -0.4 is 18.9 Å². The summed E-state index contributed by atoms with van der Waals surface area (Å²) in [6.45, 7) is 1.87. The minimum Gasteiger partial charge on any atom is -0.493 e. The van der Waals surface area contributed by atoms with Crippen molar-refractivity contribution in [2.75, 3.05) is 27.9 Å². The molecule has 0 saturated heterocycles. The van der Waals surface area contributed by atoms with Crippen LogP contribution in [0.1, 0.15) is 28.3 Å². The van der Waals surface area contributed by atoms with Crippen molar-refractivity contribution in [1.29, 1.82) is 0 Å². The van der Waals surface area contributed by atoms with Crippen molar-refractivity contribution >= 4 is 15.9 Å². The Morgan fingerprint density at radius 2 is 1.74 bits per heavy atom. The second-order valence-corrected chi connectivity index (χ2v) is 8.88. The molecule has 0 N–H and O–H groups in total. The third-order valence-electron chi connectivity index (χ3n) is 6.10. The molecule has 0 unspecified atom stereocenters. The van der Waals surface area contributed by atoms with Gasteiger partial charge in [0, 0.05) is 23.1 Å². The zero-order chi connectivity index (χ0) is 24.1. The Kier molecular flexibility index (Phi) is 7.66. The van der Waals surface area contributed by atoms with Crippen LogP contribution in [0.4, 0.5) is 0 Å². The van der Waals surface area contributed by atoms with Crippen molar-refractivity contribution in [3.8, 4) is 35.3 Å². The maximum atomic E-state index is 6.16. The lowest BCUT2D eigenvalue weighted by Crippen LogP contribution is -2.34. The predicted molar refractivity (Wildman–Crippen MR) is 137 cm³/mol. The Hall–Kier alpha value is -3.14. The first-order chi connectivity index (χ1) is 16.6. The Balaban J connectivity index is 1.64. The van der Waals surface area contributed by atoms with Crippen LogP contribution in [0, 0.1) is 12.3 Å². The summed E-state index contributed by atoms with van der Waals surface area (Å²) in [5.74, 6) is 5.80. The third kappa shape index (κ3) is 4.86. The molecule has 0 aliphatic carbocycles. The number of hydrogen-bond acceptors (Lipinski definition) is 5. The number of benzene rings is 3. The SMILES string of the molecule is C#C[C@@H]1c2cc(OCc3ccccc3)c(OC)cc2CCN1Cc1c(Br)ccc(OC)c1OC. The second-order valence-electron chi connectivity index (χ2n) is 8.03. The number of ether oxygens (including phenoxy) is 4. The Labute approximate surface area is 209 Å². The molecule has 0 aromatic heterocycles. The van der Waals surface area contributed by atoms with Gasteiger partial charge < -0.3 is 18.9 Å². The smallest absolute Gasteiger partial charge is 0.166 e. The molecule has 5 nitrogen and oxygen atoms in total. The van der Waals surface area contributed by atoms with E-state index in [1.165, 1.54) is 5.56 Å². The number of hydrogen-bond donors (Lipinski definition) is 0. The van der Waals surface area contributed by atoms with E-state index in [-0.39, 0.29) is 6.04 Å². The number of methoxy groups -OCH3 is 3. The van der Waals surface area contributed by atoms with E-state index in [0.29, 0.717) is 30.4 Å². The zero-order valence-corrected chi connectivity index (χ0v) is 21.2. The molecule has 3 aromatic carbocycles. The van der Waals surface area contributed by atoms with E-state index in [1.807, 2.05) is 48.5 Å². The molecule has 176 valence electrons. The van der Waals surface area contributed by atoms with Gasteiger partial charge in [-0.2, -0.15) is 0 Å². The van der Waals surface area contributed by atoms with Gasteiger partial charge in [0.05, 0.1) is 27.4 Å². The van der Waals surface area contributed by atoms with Gasteiger partial charge in [-0.3, -0.25) is 4.90 Å². The Bertz CT molecular complexity index is 1190. The maximum Gasteiger partial charge on any atom is 0.166 e. The van der Waals surface area contributed by atoms with Gasteiger partial charge in [-0.1, -0.05) is 52.2 Å². The average molecular weight is 522 g/mol. The summed E-state index contributed by atoms with van der Waals surface area (Å²) in [5.41, 5.74) is 4.34. The van der Waals surface area contributed by atoms with Gasteiger partial charge in [0.2, 0.25) is 0 Å². The van der Waals surface area contributed by atoms with Crippen molar-refractivity contribution in [3.05, 3.63) is 81.3 Å². The lowest BCUT2D eigenvalue weighted by Gasteiger charge is -2.35. The molecule has 0 spiro atoms. The largest absolute Gasteiger partial charge is 0.493 e. The molecule has 34 heavy (non-hydrogen) atoms. The van der Waals surface area contributed by atoms with Gasteiger partial charge >= 0.3 is 0 Å². The highest BCUT2D eigenvalue weighted by Gasteiger charge is 2.29. The van der Waals surface area contributed by atoms with Gasteiger partial charge in [-0.05, 0) is 47.4 Å². The summed E-state index contributed by atoms with van der Waals surface area (Å²) >= 11 is 3.67. The molecule has 1 aliphatic heterocycles. The minimum atomic E-state index is -0.212. The van der Waals surface area contributed by atoms with Crippen LogP contribution in [0.2, 0.25) is 0 Å². The molecule has 0 amide bonds. The van der Waals surface area contributed by atoms with Crippen LogP contribution in [-0.2, 0) is 19.6 Å². The Morgan fingerprint density at radius 3 is 2.41 bits per heavy atom. The maximum absolute atomic E-state index is 6.16. The molecular weight excluding hydrogens is 494 g/mol.